The van der Waals surface area contributed by atoms with E-state index in [1.807, 2.05) is 24.3 Å². The molecule has 0 aliphatic carbocycles. The second kappa shape index (κ2) is 12.2. The Morgan fingerprint density at radius 1 is 1.22 bits per heavy atom. The molecule has 2 aromatic carbocycles. The number of hydrogen-bond donors (Lipinski definition) is 2. The van der Waals surface area contributed by atoms with E-state index in [1.54, 1.807) is 14.2 Å². The van der Waals surface area contributed by atoms with Crippen molar-refractivity contribution in [1.82, 2.24) is 10.6 Å². The molecule has 3 rings (SSSR count). The van der Waals surface area contributed by atoms with Gasteiger partial charge in [-0.25, -0.2) is 12.8 Å². The molecule has 0 aromatic heterocycles. The number of para-hydroxylation sites is 2. The second-order valence-electron chi connectivity index (χ2n) is 7.35. The summed E-state index contributed by atoms with van der Waals surface area (Å²) in [5.74, 6) is 0.398. The highest BCUT2D eigenvalue weighted by Crippen LogP contribution is 2.29. The number of nitrogens with one attached hydrogen (secondary N) is 2. The summed E-state index contributed by atoms with van der Waals surface area (Å²) in [7, 11) is -0.416. The van der Waals surface area contributed by atoms with Crippen molar-refractivity contribution in [3.63, 3.8) is 0 Å². The van der Waals surface area contributed by atoms with Gasteiger partial charge in [-0.3, -0.25) is 4.99 Å². The third kappa shape index (κ3) is 6.71. The zero-order valence-electron chi connectivity index (χ0n) is 18.3. The number of sulfone groups is 1. The lowest BCUT2D eigenvalue weighted by atomic mass is 10.0. The number of guanidine groups is 1. The quantitative estimate of drug-likeness (QED) is 0.300. The molecular formula is C22H30FIN4O3S. The van der Waals surface area contributed by atoms with Crippen LogP contribution in [0.15, 0.2) is 58.4 Å². The molecule has 0 saturated carbocycles. The lowest BCUT2D eigenvalue weighted by molar-refractivity contribution is 0.408. The van der Waals surface area contributed by atoms with Gasteiger partial charge >= 0.3 is 0 Å². The molecular weight excluding hydrogens is 546 g/mol. The summed E-state index contributed by atoms with van der Waals surface area (Å²) < 4.78 is 44.1. The van der Waals surface area contributed by atoms with Crippen molar-refractivity contribution in [3.8, 4) is 5.75 Å². The average Bonchev–Trinajstić information content (AvgIpc) is 2.78. The molecule has 1 atom stereocenters. The van der Waals surface area contributed by atoms with Gasteiger partial charge in [0.1, 0.15) is 16.5 Å². The highest BCUT2D eigenvalue weighted by atomic mass is 127. The first-order chi connectivity index (χ1) is 14.9. The number of aliphatic imine (C=N–C) groups is 1. The van der Waals surface area contributed by atoms with Crippen LogP contribution in [-0.4, -0.2) is 60.0 Å². The van der Waals surface area contributed by atoms with E-state index in [4.69, 9.17) is 4.74 Å². The number of benzene rings is 2. The minimum atomic E-state index is -3.72. The molecule has 2 aromatic rings. The molecule has 1 fully saturated rings. The van der Waals surface area contributed by atoms with Crippen molar-refractivity contribution < 1.29 is 17.5 Å². The van der Waals surface area contributed by atoms with Crippen LogP contribution >= 0.6 is 24.0 Å². The van der Waals surface area contributed by atoms with Gasteiger partial charge in [0.05, 0.1) is 18.6 Å². The lowest BCUT2D eigenvalue weighted by Crippen LogP contribution is -2.51. The standard InChI is InChI=1S/C22H29FN4O3S.HI/c1-24-22(25-13-15-31(28,29)21-12-6-3-9-18(21)23)26-17-8-7-14-27(16-17)19-10-4-5-11-20(19)30-2;/h3-6,9-12,17H,7-8,13-16H2,1-2H3,(H2,24,25,26);1H. The Balaban J connectivity index is 0.00000363. The van der Waals surface area contributed by atoms with E-state index in [2.05, 4.69) is 20.5 Å². The topological polar surface area (TPSA) is 83.0 Å². The van der Waals surface area contributed by atoms with Gasteiger partial charge in [-0.05, 0) is 37.1 Å². The minimum Gasteiger partial charge on any atom is -0.495 e. The molecule has 0 spiro atoms. The molecule has 0 radical (unpaired) electrons. The van der Waals surface area contributed by atoms with Gasteiger partial charge in [-0.1, -0.05) is 24.3 Å². The van der Waals surface area contributed by atoms with Crippen molar-refractivity contribution >= 4 is 45.5 Å². The van der Waals surface area contributed by atoms with Crippen LogP contribution in [0.4, 0.5) is 10.1 Å². The Morgan fingerprint density at radius 2 is 1.94 bits per heavy atom. The molecule has 0 bridgehead atoms. The van der Waals surface area contributed by atoms with E-state index < -0.39 is 15.7 Å². The van der Waals surface area contributed by atoms with Gasteiger partial charge in [-0.15, -0.1) is 24.0 Å². The van der Waals surface area contributed by atoms with Gasteiger partial charge in [0.25, 0.3) is 0 Å². The van der Waals surface area contributed by atoms with E-state index in [0.717, 1.165) is 43.4 Å². The summed E-state index contributed by atoms with van der Waals surface area (Å²) in [4.78, 5) is 6.20. The monoisotopic (exact) mass is 576 g/mol. The number of piperidine rings is 1. The summed E-state index contributed by atoms with van der Waals surface area (Å²) in [6, 6.07) is 13.5. The van der Waals surface area contributed by atoms with Crippen molar-refractivity contribution in [3.05, 3.63) is 54.3 Å². The van der Waals surface area contributed by atoms with Crippen LogP contribution in [0.3, 0.4) is 0 Å². The number of ether oxygens (including phenoxy) is 1. The molecule has 1 aliphatic heterocycles. The predicted molar refractivity (Wildman–Crippen MR) is 137 cm³/mol. The zero-order chi connectivity index (χ0) is 22.3. The lowest BCUT2D eigenvalue weighted by Gasteiger charge is -2.36. The molecule has 176 valence electrons. The first kappa shape index (κ1) is 26.2. The Hall–Kier alpha value is -2.08. The van der Waals surface area contributed by atoms with Crippen LogP contribution in [0.5, 0.6) is 5.75 Å². The Labute approximate surface area is 206 Å². The SMILES string of the molecule is CN=C(NCCS(=O)(=O)c1ccccc1F)NC1CCCN(c2ccccc2OC)C1.I. The first-order valence-electron chi connectivity index (χ1n) is 10.3. The molecule has 0 amide bonds. The molecule has 1 saturated heterocycles. The number of rotatable bonds is 7. The number of anilines is 1. The molecule has 32 heavy (non-hydrogen) atoms. The summed E-state index contributed by atoms with van der Waals surface area (Å²) in [5.41, 5.74) is 1.05. The van der Waals surface area contributed by atoms with Crippen LogP contribution in [0.25, 0.3) is 0 Å². The average molecular weight is 576 g/mol. The second-order valence-corrected chi connectivity index (χ2v) is 9.43. The summed E-state index contributed by atoms with van der Waals surface area (Å²) in [6.07, 6.45) is 1.98. The zero-order valence-corrected chi connectivity index (χ0v) is 21.4. The smallest absolute Gasteiger partial charge is 0.191 e. The van der Waals surface area contributed by atoms with Crippen LogP contribution in [0, 0.1) is 5.82 Å². The molecule has 10 heteroatoms. The third-order valence-electron chi connectivity index (χ3n) is 5.25. The summed E-state index contributed by atoms with van der Waals surface area (Å²) >= 11 is 0. The Bertz CT molecular complexity index is 1020. The third-order valence-corrected chi connectivity index (χ3v) is 6.99. The van der Waals surface area contributed by atoms with Gasteiger partial charge in [0.2, 0.25) is 0 Å². The molecule has 1 aliphatic rings. The van der Waals surface area contributed by atoms with Crippen LogP contribution in [0.2, 0.25) is 0 Å². The minimum absolute atomic E-state index is 0. The fourth-order valence-electron chi connectivity index (χ4n) is 3.70. The summed E-state index contributed by atoms with van der Waals surface area (Å²) in [6.45, 7) is 1.83. The van der Waals surface area contributed by atoms with Gasteiger partial charge in [0.15, 0.2) is 15.8 Å². The van der Waals surface area contributed by atoms with E-state index in [9.17, 15) is 12.8 Å². The fourth-order valence-corrected chi connectivity index (χ4v) is 4.95. The highest BCUT2D eigenvalue weighted by Gasteiger charge is 2.23. The van der Waals surface area contributed by atoms with Crippen LogP contribution < -0.4 is 20.3 Å². The van der Waals surface area contributed by atoms with Crippen molar-refractivity contribution in [2.24, 2.45) is 4.99 Å². The Kier molecular flexibility index (Phi) is 10.0. The largest absolute Gasteiger partial charge is 0.495 e. The van der Waals surface area contributed by atoms with Crippen molar-refractivity contribution in [1.29, 1.82) is 0 Å². The predicted octanol–water partition coefficient (Wildman–Crippen LogP) is 3.06. The van der Waals surface area contributed by atoms with Gasteiger partial charge < -0.3 is 20.3 Å². The van der Waals surface area contributed by atoms with Crippen molar-refractivity contribution in [2.75, 3.05) is 44.4 Å². The van der Waals surface area contributed by atoms with E-state index in [1.165, 1.54) is 18.2 Å². The maximum Gasteiger partial charge on any atom is 0.191 e. The fraction of sp³-hybridized carbons (Fsp3) is 0.409. The molecule has 7 nitrogen and oxygen atoms in total. The van der Waals surface area contributed by atoms with E-state index >= 15 is 0 Å². The number of nitrogens with zero attached hydrogens (tertiary/aromatic N) is 2. The van der Waals surface area contributed by atoms with Crippen LogP contribution in [-0.2, 0) is 9.84 Å². The van der Waals surface area contributed by atoms with E-state index in [-0.39, 0.29) is 47.2 Å². The highest BCUT2D eigenvalue weighted by molar-refractivity contribution is 14.0. The van der Waals surface area contributed by atoms with E-state index in [0.29, 0.717) is 5.96 Å². The number of halogens is 2. The maximum atomic E-state index is 13.8. The molecule has 1 unspecified atom stereocenters. The number of hydrogen-bond acceptors (Lipinski definition) is 5. The number of methoxy groups -OCH3 is 1. The normalized spacial score (nSPS) is 16.8. The Morgan fingerprint density at radius 3 is 2.66 bits per heavy atom. The molecule has 2 N–H and O–H groups in total. The van der Waals surface area contributed by atoms with Crippen molar-refractivity contribution in [2.45, 2.75) is 23.8 Å². The van der Waals surface area contributed by atoms with Crippen LogP contribution in [0.1, 0.15) is 12.8 Å². The first-order valence-corrected chi connectivity index (χ1v) is 11.9. The maximum absolute atomic E-state index is 13.8. The van der Waals surface area contributed by atoms with Gasteiger partial charge in [-0.2, -0.15) is 0 Å². The van der Waals surface area contributed by atoms with Gasteiger partial charge in [0, 0.05) is 32.7 Å². The molecule has 1 heterocycles. The summed E-state index contributed by atoms with van der Waals surface area (Å²) in [5, 5.41) is 6.40.